The fourth-order valence-corrected chi connectivity index (χ4v) is 5.40. The van der Waals surface area contributed by atoms with E-state index in [1.807, 2.05) is 6.92 Å². The lowest BCUT2D eigenvalue weighted by Crippen LogP contribution is -2.28. The second-order valence-electron chi connectivity index (χ2n) is 9.17. The fraction of sp³-hybridized carbons (Fsp3) is 0.407. The lowest BCUT2D eigenvalue weighted by Gasteiger charge is -2.28. The molecule has 8 nitrogen and oxygen atoms in total. The van der Waals surface area contributed by atoms with Gasteiger partial charge in [-0.3, -0.25) is 9.59 Å². The first-order valence-electron chi connectivity index (χ1n) is 11.9. The minimum absolute atomic E-state index is 0.126. The van der Waals surface area contributed by atoms with Crippen molar-refractivity contribution in [2.24, 2.45) is 11.8 Å². The highest BCUT2D eigenvalue weighted by Gasteiger charge is 2.67. The molecule has 2 N–H and O–H groups in total. The third-order valence-electron chi connectivity index (χ3n) is 7.24. The molecule has 2 aromatic carbocycles. The second kappa shape index (κ2) is 9.97. The summed E-state index contributed by atoms with van der Waals surface area (Å²) in [5.74, 6) is -3.17. The van der Waals surface area contributed by atoms with Gasteiger partial charge in [0.2, 0.25) is 5.91 Å². The topological polar surface area (TPSA) is 126 Å². The van der Waals surface area contributed by atoms with Crippen molar-refractivity contribution >= 4 is 23.5 Å². The maximum absolute atomic E-state index is 14.3. The monoisotopic (exact) mass is 494 g/mol. The number of rotatable bonds is 8. The maximum atomic E-state index is 14.3. The van der Waals surface area contributed by atoms with Crippen molar-refractivity contribution in [2.75, 3.05) is 18.5 Å². The van der Waals surface area contributed by atoms with Crippen LogP contribution in [-0.2, 0) is 26.2 Å². The Hall–Kier alpha value is -3.93. The molecule has 4 rings (SSSR count). The molecule has 0 bridgehead atoms. The van der Waals surface area contributed by atoms with Crippen LogP contribution in [0.4, 0.5) is 10.1 Å². The first-order chi connectivity index (χ1) is 17.2. The van der Waals surface area contributed by atoms with Gasteiger partial charge in [-0.05, 0) is 55.9 Å². The van der Waals surface area contributed by atoms with Gasteiger partial charge < -0.3 is 19.9 Å². The Bertz CT molecular complexity index is 1270. The van der Waals surface area contributed by atoms with Crippen LogP contribution in [0.3, 0.4) is 0 Å². The lowest BCUT2D eigenvalue weighted by atomic mass is 9.85. The van der Waals surface area contributed by atoms with E-state index in [9.17, 15) is 29.1 Å². The lowest BCUT2D eigenvalue weighted by molar-refractivity contribution is -0.143. The number of anilines is 1. The standard InChI is InChI=1S/C27H27FN2O6/c1-3-35-23(31)6-4-5-17-8-7-16(14-29)11-21(17)30-25(32)24-15(2)27(24)9-10-36-22-13-20(28)18(26(33)34)12-19(22)27/h7-8,11-13,15,24H,3-6,9-10H2,1-2H3,(H,30,32)(H,33,34)/t15?,24?,27-/m0/s1. The third-order valence-corrected chi connectivity index (χ3v) is 7.24. The Morgan fingerprint density at radius 2 is 2.08 bits per heavy atom. The average molecular weight is 495 g/mol. The zero-order chi connectivity index (χ0) is 26.0. The number of amides is 1. The smallest absolute Gasteiger partial charge is 0.338 e. The summed E-state index contributed by atoms with van der Waals surface area (Å²) in [7, 11) is 0. The predicted octanol–water partition coefficient (Wildman–Crippen LogP) is 4.21. The van der Waals surface area contributed by atoms with Crippen molar-refractivity contribution in [3.05, 3.63) is 58.4 Å². The van der Waals surface area contributed by atoms with Crippen LogP contribution in [0.25, 0.3) is 0 Å². The summed E-state index contributed by atoms with van der Waals surface area (Å²) < 4.78 is 24.8. The average Bonchev–Trinajstić information content (AvgIpc) is 3.42. The number of ether oxygens (including phenoxy) is 2. The van der Waals surface area contributed by atoms with Crippen LogP contribution in [0.1, 0.15) is 60.2 Å². The van der Waals surface area contributed by atoms with Gasteiger partial charge in [0.15, 0.2) is 0 Å². The van der Waals surface area contributed by atoms with E-state index in [4.69, 9.17) is 9.47 Å². The molecule has 188 valence electrons. The molecule has 1 aliphatic heterocycles. The Morgan fingerprint density at radius 3 is 2.78 bits per heavy atom. The number of fused-ring (bicyclic) bond motifs is 2. The highest BCUT2D eigenvalue weighted by Crippen LogP contribution is 2.65. The summed E-state index contributed by atoms with van der Waals surface area (Å²) in [5, 5.41) is 21.7. The van der Waals surface area contributed by atoms with E-state index >= 15 is 0 Å². The van der Waals surface area contributed by atoms with E-state index in [-0.39, 0.29) is 36.6 Å². The molecule has 0 aromatic heterocycles. The number of esters is 1. The molecule has 9 heteroatoms. The summed E-state index contributed by atoms with van der Waals surface area (Å²) in [6.07, 6.45) is 1.76. The Kier molecular flexibility index (Phi) is 6.97. The number of aryl methyl sites for hydroxylation is 1. The van der Waals surface area contributed by atoms with Crippen LogP contribution in [0.2, 0.25) is 0 Å². The number of aromatic carboxylic acids is 1. The summed E-state index contributed by atoms with van der Waals surface area (Å²) in [4.78, 5) is 36.7. The van der Waals surface area contributed by atoms with Gasteiger partial charge in [-0.1, -0.05) is 13.0 Å². The number of benzene rings is 2. The summed E-state index contributed by atoms with van der Waals surface area (Å²) in [6.45, 7) is 4.26. The Labute approximate surface area is 208 Å². The minimum atomic E-state index is -1.38. The summed E-state index contributed by atoms with van der Waals surface area (Å²) in [5.41, 5.74) is 1.08. The number of carboxylic acid groups (broad SMARTS) is 1. The zero-order valence-corrected chi connectivity index (χ0v) is 20.1. The van der Waals surface area contributed by atoms with Crippen LogP contribution in [-0.4, -0.2) is 36.2 Å². The number of hydrogen-bond acceptors (Lipinski definition) is 6. The van der Waals surface area contributed by atoms with Crippen molar-refractivity contribution in [1.82, 2.24) is 0 Å². The van der Waals surface area contributed by atoms with Gasteiger partial charge in [0.1, 0.15) is 11.6 Å². The molecule has 1 amide bonds. The van der Waals surface area contributed by atoms with Gasteiger partial charge in [0.05, 0.1) is 36.3 Å². The van der Waals surface area contributed by atoms with Gasteiger partial charge in [-0.2, -0.15) is 5.26 Å². The van der Waals surface area contributed by atoms with Gasteiger partial charge in [0, 0.05) is 29.2 Å². The number of hydrogen-bond donors (Lipinski definition) is 2. The zero-order valence-electron chi connectivity index (χ0n) is 20.1. The summed E-state index contributed by atoms with van der Waals surface area (Å²) in [6, 6.07) is 9.46. The predicted molar refractivity (Wildman–Crippen MR) is 127 cm³/mol. The number of nitrogens with one attached hydrogen (secondary N) is 1. The molecule has 1 aliphatic carbocycles. The highest BCUT2D eigenvalue weighted by molar-refractivity contribution is 5.98. The first kappa shape index (κ1) is 25.2. The SMILES string of the molecule is CCOC(=O)CCCc1ccc(C#N)cc1NC(=O)C1C(C)[C@]12CCOc1cc(F)c(C(=O)O)cc12. The molecule has 2 aromatic rings. The van der Waals surface area contributed by atoms with Gasteiger partial charge >= 0.3 is 11.9 Å². The van der Waals surface area contributed by atoms with Crippen LogP contribution in [0, 0.1) is 29.0 Å². The fourth-order valence-electron chi connectivity index (χ4n) is 5.40. The van der Waals surface area contributed by atoms with E-state index in [1.165, 1.54) is 6.07 Å². The van der Waals surface area contributed by atoms with Crippen molar-refractivity contribution < 1.29 is 33.4 Å². The van der Waals surface area contributed by atoms with Crippen molar-refractivity contribution in [2.45, 2.75) is 44.9 Å². The van der Waals surface area contributed by atoms with Crippen molar-refractivity contribution in [3.8, 4) is 11.8 Å². The van der Waals surface area contributed by atoms with Crippen LogP contribution in [0.5, 0.6) is 5.75 Å². The number of carbonyl (C=O) groups excluding carboxylic acids is 2. The number of nitriles is 1. The normalized spacial score (nSPS) is 21.6. The Morgan fingerprint density at radius 1 is 1.31 bits per heavy atom. The molecule has 3 atom stereocenters. The Balaban J connectivity index is 1.57. The van der Waals surface area contributed by atoms with E-state index in [0.29, 0.717) is 42.7 Å². The van der Waals surface area contributed by atoms with E-state index < -0.39 is 28.7 Å². The van der Waals surface area contributed by atoms with E-state index in [2.05, 4.69) is 11.4 Å². The van der Waals surface area contributed by atoms with Gasteiger partial charge in [-0.25, -0.2) is 9.18 Å². The second-order valence-corrected chi connectivity index (χ2v) is 9.17. The highest BCUT2D eigenvalue weighted by atomic mass is 19.1. The van der Waals surface area contributed by atoms with Crippen molar-refractivity contribution in [1.29, 1.82) is 5.26 Å². The molecule has 1 heterocycles. The maximum Gasteiger partial charge on any atom is 0.338 e. The molecule has 0 saturated heterocycles. The minimum Gasteiger partial charge on any atom is -0.493 e. The molecular formula is C27H27FN2O6. The van der Waals surface area contributed by atoms with Crippen LogP contribution in [0.15, 0.2) is 30.3 Å². The molecule has 1 fully saturated rings. The number of nitrogens with zero attached hydrogens (tertiary/aromatic N) is 1. The summed E-state index contributed by atoms with van der Waals surface area (Å²) >= 11 is 0. The first-order valence-corrected chi connectivity index (χ1v) is 11.9. The quantitative estimate of drug-likeness (QED) is 0.527. The van der Waals surface area contributed by atoms with Gasteiger partial charge in [0.25, 0.3) is 0 Å². The number of carbonyl (C=O) groups is 3. The molecule has 36 heavy (non-hydrogen) atoms. The number of carboxylic acids is 1. The molecular weight excluding hydrogens is 467 g/mol. The molecule has 2 aliphatic rings. The van der Waals surface area contributed by atoms with Crippen LogP contribution < -0.4 is 10.1 Å². The molecule has 2 unspecified atom stereocenters. The van der Waals surface area contributed by atoms with Gasteiger partial charge in [-0.15, -0.1) is 0 Å². The van der Waals surface area contributed by atoms with E-state index in [1.54, 1.807) is 25.1 Å². The molecule has 0 radical (unpaired) electrons. The molecule has 1 spiro atoms. The van der Waals surface area contributed by atoms with Crippen molar-refractivity contribution in [3.63, 3.8) is 0 Å². The molecule has 1 saturated carbocycles. The third kappa shape index (κ3) is 4.51. The van der Waals surface area contributed by atoms with Crippen LogP contribution >= 0.6 is 0 Å². The van der Waals surface area contributed by atoms with E-state index in [0.717, 1.165) is 11.6 Å². The number of halogens is 1. The largest absolute Gasteiger partial charge is 0.493 e.